The van der Waals surface area contributed by atoms with Crippen molar-refractivity contribution in [2.24, 2.45) is 5.73 Å². The van der Waals surface area contributed by atoms with Gasteiger partial charge in [0, 0.05) is 18.3 Å². The summed E-state index contributed by atoms with van der Waals surface area (Å²) in [5, 5.41) is 7.31. The van der Waals surface area contributed by atoms with E-state index in [4.69, 9.17) is 5.73 Å². The fourth-order valence-electron chi connectivity index (χ4n) is 2.75. The number of amides is 1. The van der Waals surface area contributed by atoms with Crippen molar-refractivity contribution in [3.8, 4) is 5.69 Å². The average Bonchev–Trinajstić information content (AvgIpc) is 2.92. The van der Waals surface area contributed by atoms with Crippen molar-refractivity contribution in [3.63, 3.8) is 0 Å². The summed E-state index contributed by atoms with van der Waals surface area (Å²) < 4.78 is 15.1. The first kappa shape index (κ1) is 16.1. The van der Waals surface area contributed by atoms with Crippen LogP contribution in [-0.4, -0.2) is 27.8 Å². The number of nitrogens with one attached hydrogen (secondary N) is 1. The number of benzene rings is 1. The summed E-state index contributed by atoms with van der Waals surface area (Å²) in [4.78, 5) is 12.4. The Morgan fingerprint density at radius 1 is 1.26 bits per heavy atom. The summed E-state index contributed by atoms with van der Waals surface area (Å²) in [6, 6.07) is 6.32. The van der Waals surface area contributed by atoms with Crippen molar-refractivity contribution >= 4 is 21.8 Å². The summed E-state index contributed by atoms with van der Waals surface area (Å²) in [5.74, 6) is -0.522. The van der Waals surface area contributed by atoms with E-state index in [1.165, 1.54) is 12.1 Å². The summed E-state index contributed by atoms with van der Waals surface area (Å²) >= 11 is 3.37. The lowest BCUT2D eigenvalue weighted by molar-refractivity contribution is 0.0919. The predicted octanol–water partition coefficient (Wildman–Crippen LogP) is 2.77. The molecule has 0 aliphatic heterocycles. The van der Waals surface area contributed by atoms with E-state index in [-0.39, 0.29) is 23.8 Å². The molecule has 0 saturated heterocycles. The lowest BCUT2D eigenvalue weighted by Crippen LogP contribution is -2.40. The lowest BCUT2D eigenvalue weighted by atomic mass is 9.92. The first-order valence-electron chi connectivity index (χ1n) is 7.60. The molecule has 0 bridgehead atoms. The molecule has 0 unspecified atom stereocenters. The van der Waals surface area contributed by atoms with E-state index < -0.39 is 0 Å². The number of carbonyl (C=O) groups excluding carboxylic acids is 1. The number of aromatic nitrogens is 2. The summed E-state index contributed by atoms with van der Waals surface area (Å²) in [6.07, 6.45) is 5.33. The maximum Gasteiger partial charge on any atom is 0.273 e. The zero-order valence-corrected chi connectivity index (χ0v) is 14.1. The molecule has 3 N–H and O–H groups in total. The fourth-order valence-corrected chi connectivity index (χ4v) is 3.20. The third-order valence-corrected chi connectivity index (χ3v) is 4.66. The van der Waals surface area contributed by atoms with E-state index in [0.29, 0.717) is 15.9 Å². The molecular formula is C16H18BrFN4O. The molecule has 0 atom stereocenters. The van der Waals surface area contributed by atoms with E-state index in [9.17, 15) is 9.18 Å². The zero-order chi connectivity index (χ0) is 16.4. The molecule has 1 heterocycles. The Morgan fingerprint density at radius 3 is 2.57 bits per heavy atom. The van der Waals surface area contributed by atoms with Crippen LogP contribution in [-0.2, 0) is 0 Å². The molecule has 0 spiro atoms. The van der Waals surface area contributed by atoms with Crippen LogP contribution < -0.4 is 11.1 Å². The second-order valence-corrected chi connectivity index (χ2v) is 6.69. The van der Waals surface area contributed by atoms with Gasteiger partial charge in [-0.25, -0.2) is 9.07 Å². The minimum absolute atomic E-state index is 0.144. The number of carbonyl (C=O) groups is 1. The minimum Gasteiger partial charge on any atom is -0.348 e. The number of nitrogens with zero attached hydrogens (tertiary/aromatic N) is 2. The van der Waals surface area contributed by atoms with Gasteiger partial charge in [-0.3, -0.25) is 4.79 Å². The van der Waals surface area contributed by atoms with Gasteiger partial charge in [-0.05, 0) is 65.9 Å². The third kappa shape index (κ3) is 3.79. The Hall–Kier alpha value is -1.73. The Labute approximate surface area is 142 Å². The molecule has 3 rings (SSSR count). The van der Waals surface area contributed by atoms with Gasteiger partial charge in [0.15, 0.2) is 5.69 Å². The predicted molar refractivity (Wildman–Crippen MR) is 88.9 cm³/mol. The van der Waals surface area contributed by atoms with Gasteiger partial charge in [-0.1, -0.05) is 0 Å². The molecule has 23 heavy (non-hydrogen) atoms. The molecule has 1 saturated carbocycles. The van der Waals surface area contributed by atoms with Gasteiger partial charge in [-0.2, -0.15) is 5.10 Å². The number of hydrogen-bond acceptors (Lipinski definition) is 3. The molecule has 122 valence electrons. The van der Waals surface area contributed by atoms with Gasteiger partial charge in [0.1, 0.15) is 5.82 Å². The van der Waals surface area contributed by atoms with Crippen molar-refractivity contribution in [2.45, 2.75) is 37.8 Å². The van der Waals surface area contributed by atoms with Gasteiger partial charge in [-0.15, -0.1) is 0 Å². The normalized spacial score (nSPS) is 21.2. The van der Waals surface area contributed by atoms with Crippen LogP contribution in [0.1, 0.15) is 36.2 Å². The smallest absolute Gasteiger partial charge is 0.273 e. The highest BCUT2D eigenvalue weighted by molar-refractivity contribution is 9.10. The first-order chi connectivity index (χ1) is 11.0. The molecule has 1 aliphatic rings. The number of halogens is 2. The van der Waals surface area contributed by atoms with Crippen molar-refractivity contribution in [1.82, 2.24) is 15.1 Å². The van der Waals surface area contributed by atoms with Crippen molar-refractivity contribution in [1.29, 1.82) is 0 Å². The number of rotatable bonds is 3. The quantitative estimate of drug-likeness (QED) is 0.859. The molecule has 1 aromatic carbocycles. The Bertz CT molecular complexity index is 693. The topological polar surface area (TPSA) is 72.9 Å². The molecular weight excluding hydrogens is 363 g/mol. The second-order valence-electron chi connectivity index (χ2n) is 5.83. The van der Waals surface area contributed by atoms with E-state index in [1.54, 1.807) is 23.0 Å². The Kier molecular flexibility index (Phi) is 4.77. The third-order valence-electron chi connectivity index (χ3n) is 4.08. The van der Waals surface area contributed by atoms with Crippen LogP contribution in [0.15, 0.2) is 34.9 Å². The highest BCUT2D eigenvalue weighted by atomic mass is 79.9. The minimum atomic E-state index is -0.312. The van der Waals surface area contributed by atoms with Crippen molar-refractivity contribution in [2.75, 3.05) is 0 Å². The molecule has 7 heteroatoms. The second kappa shape index (κ2) is 6.80. The molecule has 1 aliphatic carbocycles. The maximum atomic E-state index is 13.0. The van der Waals surface area contributed by atoms with Crippen LogP contribution in [0, 0.1) is 5.82 Å². The van der Waals surface area contributed by atoms with Crippen LogP contribution in [0.3, 0.4) is 0 Å². The van der Waals surface area contributed by atoms with Gasteiger partial charge in [0.2, 0.25) is 0 Å². The zero-order valence-electron chi connectivity index (χ0n) is 12.5. The van der Waals surface area contributed by atoms with Crippen molar-refractivity contribution in [3.05, 3.63) is 46.4 Å². The van der Waals surface area contributed by atoms with E-state index >= 15 is 0 Å². The van der Waals surface area contributed by atoms with Crippen LogP contribution in [0.4, 0.5) is 4.39 Å². The lowest BCUT2D eigenvalue weighted by Gasteiger charge is -2.26. The molecule has 2 aromatic rings. The number of nitrogens with two attached hydrogens (primary N) is 1. The monoisotopic (exact) mass is 380 g/mol. The van der Waals surface area contributed by atoms with Gasteiger partial charge in [0.05, 0.1) is 10.2 Å². The first-order valence-corrected chi connectivity index (χ1v) is 8.40. The van der Waals surface area contributed by atoms with E-state index in [0.717, 1.165) is 25.7 Å². The molecule has 5 nitrogen and oxygen atoms in total. The number of hydrogen-bond donors (Lipinski definition) is 2. The average molecular weight is 381 g/mol. The fraction of sp³-hybridized carbons (Fsp3) is 0.375. The Balaban J connectivity index is 1.72. The van der Waals surface area contributed by atoms with Crippen LogP contribution in [0.2, 0.25) is 0 Å². The Morgan fingerprint density at radius 2 is 1.91 bits per heavy atom. The standard InChI is InChI=1S/C16H18BrFN4O/c17-14-9-22(13-7-1-10(18)2-8-13)21-15(14)16(23)20-12-5-3-11(19)4-6-12/h1-2,7-9,11-12H,3-6,19H2,(H,20,23). The van der Waals surface area contributed by atoms with Crippen LogP contribution in [0.5, 0.6) is 0 Å². The molecule has 0 radical (unpaired) electrons. The summed E-state index contributed by atoms with van der Waals surface area (Å²) in [7, 11) is 0. The SMILES string of the molecule is NC1CCC(NC(=O)c2nn(-c3ccc(F)cc3)cc2Br)CC1. The highest BCUT2D eigenvalue weighted by Gasteiger charge is 2.23. The van der Waals surface area contributed by atoms with E-state index in [2.05, 4.69) is 26.3 Å². The molecule has 1 aromatic heterocycles. The van der Waals surface area contributed by atoms with Crippen LogP contribution >= 0.6 is 15.9 Å². The summed E-state index contributed by atoms with van der Waals surface area (Å²) in [6.45, 7) is 0. The highest BCUT2D eigenvalue weighted by Crippen LogP contribution is 2.21. The van der Waals surface area contributed by atoms with Crippen molar-refractivity contribution < 1.29 is 9.18 Å². The van der Waals surface area contributed by atoms with Gasteiger partial charge in [0.25, 0.3) is 5.91 Å². The van der Waals surface area contributed by atoms with Gasteiger partial charge >= 0.3 is 0 Å². The largest absolute Gasteiger partial charge is 0.348 e. The molecule has 1 fully saturated rings. The van der Waals surface area contributed by atoms with Crippen LogP contribution in [0.25, 0.3) is 5.69 Å². The summed E-state index contributed by atoms with van der Waals surface area (Å²) in [5.41, 5.74) is 6.89. The maximum absolute atomic E-state index is 13.0. The van der Waals surface area contributed by atoms with E-state index in [1.807, 2.05) is 0 Å². The van der Waals surface area contributed by atoms with Gasteiger partial charge < -0.3 is 11.1 Å². The molecule has 1 amide bonds.